The molecule has 11 heteroatoms. The lowest BCUT2D eigenvalue weighted by molar-refractivity contribution is -0.262. The summed E-state index contributed by atoms with van der Waals surface area (Å²) in [5.41, 5.74) is -1.04. The fourth-order valence-corrected chi connectivity index (χ4v) is 9.15. The Bertz CT molecular complexity index is 1090. The Morgan fingerprint density at radius 2 is 1.92 bits per heavy atom. The Balaban J connectivity index is 1.49. The van der Waals surface area contributed by atoms with Crippen LogP contribution in [0.1, 0.15) is 52.4 Å². The van der Waals surface area contributed by atoms with Crippen LogP contribution in [-0.4, -0.2) is 63.2 Å². The molecule has 0 aromatic carbocycles. The van der Waals surface area contributed by atoms with E-state index in [-0.39, 0.29) is 38.4 Å². The average Bonchev–Trinajstić information content (AvgIpc) is 3.57. The molecule has 2 heterocycles. The number of allylic oxidation sites excluding steroid dienone is 4. The van der Waals surface area contributed by atoms with Gasteiger partial charge in [0.1, 0.15) is 24.6 Å². The quantitative estimate of drug-likeness (QED) is 0.388. The zero-order valence-corrected chi connectivity index (χ0v) is 21.7. The number of carbonyl (C=O) groups excluding carboxylic acids is 2. The van der Waals surface area contributed by atoms with E-state index in [1.54, 1.807) is 7.11 Å². The van der Waals surface area contributed by atoms with Crippen LogP contribution in [0.3, 0.4) is 0 Å². The predicted molar refractivity (Wildman–Crippen MR) is 123 cm³/mol. The van der Waals surface area contributed by atoms with Crippen LogP contribution in [0.15, 0.2) is 23.0 Å². The summed E-state index contributed by atoms with van der Waals surface area (Å²) in [5.74, 6) is -3.33. The zero-order valence-electron chi connectivity index (χ0n) is 21.7. The van der Waals surface area contributed by atoms with Crippen LogP contribution in [0.2, 0.25) is 0 Å². The van der Waals surface area contributed by atoms with Crippen molar-refractivity contribution in [3.05, 3.63) is 23.0 Å². The second-order valence-electron chi connectivity index (χ2n) is 12.0. The van der Waals surface area contributed by atoms with Crippen molar-refractivity contribution >= 4 is 12.3 Å². The van der Waals surface area contributed by atoms with E-state index >= 15 is 0 Å². The highest BCUT2D eigenvalue weighted by Crippen LogP contribution is 2.72. The smallest absolute Gasteiger partial charge is 0.490 e. The van der Waals surface area contributed by atoms with Crippen molar-refractivity contribution in [3.63, 3.8) is 0 Å². The van der Waals surface area contributed by atoms with Gasteiger partial charge in [0, 0.05) is 23.2 Å². The maximum Gasteiger partial charge on any atom is 0.490 e. The number of methoxy groups -OCH3 is 1. The van der Waals surface area contributed by atoms with Crippen molar-refractivity contribution in [2.45, 2.75) is 76.0 Å². The van der Waals surface area contributed by atoms with E-state index in [4.69, 9.17) is 28.4 Å². The summed E-state index contributed by atoms with van der Waals surface area (Å²) in [7, 11) is 1.56. The number of aldehydes is 1. The molecule has 0 bridgehead atoms. The molecule has 38 heavy (non-hydrogen) atoms. The summed E-state index contributed by atoms with van der Waals surface area (Å²) in [6, 6.07) is 0. The molecule has 2 spiro atoms. The Labute approximate surface area is 218 Å². The fourth-order valence-electron chi connectivity index (χ4n) is 9.15. The van der Waals surface area contributed by atoms with Gasteiger partial charge in [-0.05, 0) is 61.2 Å². The number of rotatable bonds is 3. The topological polar surface area (TPSA) is 89.5 Å². The number of esters is 1. The maximum atomic E-state index is 13.5. The summed E-state index contributed by atoms with van der Waals surface area (Å²) < 4.78 is 75.3. The van der Waals surface area contributed by atoms with Gasteiger partial charge in [0.2, 0.25) is 5.79 Å². The Hall–Kier alpha value is -1.95. The summed E-state index contributed by atoms with van der Waals surface area (Å²) >= 11 is 0. The molecule has 0 radical (unpaired) electrons. The zero-order chi connectivity index (χ0) is 27.1. The lowest BCUT2D eigenvalue weighted by Crippen LogP contribution is -2.66. The van der Waals surface area contributed by atoms with Gasteiger partial charge in [-0.25, -0.2) is 4.79 Å². The number of fused-ring (bicyclic) bond motifs is 7. The monoisotopic (exact) mass is 542 g/mol. The highest BCUT2D eigenvalue weighted by molar-refractivity contribution is 5.78. The van der Waals surface area contributed by atoms with Gasteiger partial charge >= 0.3 is 12.1 Å². The number of carbonyl (C=O) groups is 2. The Morgan fingerprint density at radius 1 is 1.16 bits per heavy atom. The number of ether oxygens (including phenoxy) is 6. The molecular weight excluding hydrogens is 509 g/mol. The normalized spacial score (nSPS) is 46.0. The summed E-state index contributed by atoms with van der Waals surface area (Å²) in [5, 5.41) is 0. The second-order valence-corrected chi connectivity index (χ2v) is 12.0. The Morgan fingerprint density at radius 3 is 2.58 bits per heavy atom. The van der Waals surface area contributed by atoms with Gasteiger partial charge in [-0.3, -0.25) is 4.79 Å². The molecule has 6 rings (SSSR count). The first kappa shape index (κ1) is 26.3. The lowest BCUT2D eigenvalue weighted by Gasteiger charge is -2.61. The third kappa shape index (κ3) is 3.31. The van der Waals surface area contributed by atoms with Gasteiger partial charge in [-0.1, -0.05) is 13.8 Å². The maximum absolute atomic E-state index is 13.5. The minimum Gasteiger partial charge on any atom is -0.501 e. The van der Waals surface area contributed by atoms with E-state index in [0.717, 1.165) is 17.6 Å². The number of halogens is 3. The fraction of sp³-hybridized carbons (Fsp3) is 0.778. The second kappa shape index (κ2) is 8.52. The van der Waals surface area contributed by atoms with Crippen molar-refractivity contribution in [3.8, 4) is 0 Å². The first-order chi connectivity index (χ1) is 17.9. The average molecular weight is 543 g/mol. The van der Waals surface area contributed by atoms with E-state index in [1.807, 2.05) is 19.9 Å². The van der Waals surface area contributed by atoms with Crippen molar-refractivity contribution in [1.82, 2.24) is 0 Å². The van der Waals surface area contributed by atoms with Crippen molar-refractivity contribution < 1.29 is 51.2 Å². The van der Waals surface area contributed by atoms with E-state index in [9.17, 15) is 22.8 Å². The Kier molecular flexibility index (Phi) is 5.89. The van der Waals surface area contributed by atoms with Crippen molar-refractivity contribution in [1.29, 1.82) is 0 Å². The van der Waals surface area contributed by atoms with Gasteiger partial charge in [0.15, 0.2) is 13.6 Å². The molecule has 8 nitrogen and oxygen atoms in total. The van der Waals surface area contributed by atoms with Gasteiger partial charge < -0.3 is 28.4 Å². The van der Waals surface area contributed by atoms with E-state index in [0.29, 0.717) is 37.7 Å². The summed E-state index contributed by atoms with van der Waals surface area (Å²) in [4.78, 5) is 24.7. The third-order valence-electron chi connectivity index (χ3n) is 10.7. The number of hydrogen-bond acceptors (Lipinski definition) is 8. The molecule has 6 aliphatic rings. The first-order valence-corrected chi connectivity index (χ1v) is 13.2. The van der Waals surface area contributed by atoms with E-state index in [2.05, 4.69) is 0 Å². The molecule has 0 aromatic heterocycles. The van der Waals surface area contributed by atoms with E-state index < -0.39 is 46.4 Å². The van der Waals surface area contributed by atoms with Crippen LogP contribution < -0.4 is 0 Å². The number of hydrogen-bond donors (Lipinski definition) is 0. The molecule has 210 valence electrons. The molecule has 2 saturated carbocycles. The lowest BCUT2D eigenvalue weighted by atomic mass is 9.45. The predicted octanol–water partition coefficient (Wildman–Crippen LogP) is 4.19. The minimum absolute atomic E-state index is 0.0258. The molecular formula is C27H33F3O8. The van der Waals surface area contributed by atoms with Crippen LogP contribution in [0.25, 0.3) is 0 Å². The van der Waals surface area contributed by atoms with E-state index in [1.165, 1.54) is 0 Å². The highest BCUT2D eigenvalue weighted by atomic mass is 19.4. The van der Waals surface area contributed by atoms with Crippen molar-refractivity contribution in [2.24, 2.45) is 28.6 Å². The van der Waals surface area contributed by atoms with Gasteiger partial charge in [0.05, 0.1) is 12.9 Å². The largest absolute Gasteiger partial charge is 0.501 e. The minimum atomic E-state index is -5.13. The van der Waals surface area contributed by atoms with Gasteiger partial charge in [0.25, 0.3) is 0 Å². The van der Waals surface area contributed by atoms with Crippen LogP contribution in [0.4, 0.5) is 13.2 Å². The molecule has 4 aliphatic carbocycles. The molecule has 2 aliphatic heterocycles. The molecule has 4 fully saturated rings. The summed E-state index contributed by atoms with van der Waals surface area (Å²) in [6.07, 6.45) is -0.558. The molecule has 2 saturated heterocycles. The number of alkyl halides is 3. The van der Waals surface area contributed by atoms with Gasteiger partial charge in [-0.2, -0.15) is 13.2 Å². The molecule has 0 amide bonds. The van der Waals surface area contributed by atoms with Crippen LogP contribution in [0, 0.1) is 28.6 Å². The molecule has 0 unspecified atom stereocenters. The van der Waals surface area contributed by atoms with Crippen LogP contribution in [0.5, 0.6) is 0 Å². The standard InChI is InChI=1S/C27H33F3O8/c1-23-6-4-16(33-3)9-19(23)15(11-31)8-17-18-5-7-25(26(37-14-35-25)12-34-13-36-26)24(18,2)10-20(21(17)23)38-22(32)27(28,29)30/h9,11,17-18,20-21H,4-8,10,12-14H2,1-3H3/t17-,18-,20-,21+,23-,24-,25+,26+/m0/s1. The molecule has 8 atom stereocenters. The third-order valence-corrected chi connectivity index (χ3v) is 10.7. The van der Waals surface area contributed by atoms with Crippen LogP contribution in [-0.2, 0) is 38.0 Å². The SMILES string of the molecule is COC1=CC2=C(C=O)C[C@@H]3[C@H]([C@@H](OC(=O)C(F)(F)F)C[C@@]4(C)[C@H]3CC[C@@]43OCO[C@]34COCO4)[C@@]2(C)CC1. The first-order valence-electron chi connectivity index (χ1n) is 13.2. The molecule has 0 N–H and O–H groups in total. The molecule has 0 aromatic rings. The highest BCUT2D eigenvalue weighted by Gasteiger charge is 2.77. The van der Waals surface area contributed by atoms with Crippen LogP contribution >= 0.6 is 0 Å². The van der Waals surface area contributed by atoms with Crippen molar-refractivity contribution in [2.75, 3.05) is 27.3 Å². The summed E-state index contributed by atoms with van der Waals surface area (Å²) in [6.45, 7) is 4.11. The van der Waals surface area contributed by atoms with Gasteiger partial charge in [-0.15, -0.1) is 0 Å².